The minimum absolute atomic E-state index is 0.299. The molecule has 2 nitrogen and oxygen atoms in total. The SMILES string of the molecule is CCNC(C)c1cccc(OCc2cc(Cl)ccc2Cl)c1. The number of benzene rings is 2. The van der Waals surface area contributed by atoms with Crippen LogP contribution in [0.3, 0.4) is 0 Å². The summed E-state index contributed by atoms with van der Waals surface area (Å²) in [5, 5.41) is 4.71. The third kappa shape index (κ3) is 4.63. The molecular weight excluding hydrogens is 305 g/mol. The normalized spacial score (nSPS) is 12.2. The molecule has 1 N–H and O–H groups in total. The summed E-state index contributed by atoms with van der Waals surface area (Å²) in [5.41, 5.74) is 2.08. The van der Waals surface area contributed by atoms with Gasteiger partial charge in [-0.2, -0.15) is 0 Å². The second-order valence-electron chi connectivity index (χ2n) is 4.88. The molecule has 0 amide bonds. The quantitative estimate of drug-likeness (QED) is 0.784. The highest BCUT2D eigenvalue weighted by molar-refractivity contribution is 6.33. The minimum Gasteiger partial charge on any atom is -0.489 e. The van der Waals surface area contributed by atoms with Crippen LogP contribution in [0, 0.1) is 0 Å². The maximum Gasteiger partial charge on any atom is 0.120 e. The summed E-state index contributed by atoms with van der Waals surface area (Å²) in [7, 11) is 0. The Bertz CT molecular complexity index is 601. The lowest BCUT2D eigenvalue weighted by atomic mass is 10.1. The minimum atomic E-state index is 0.299. The molecule has 0 aliphatic heterocycles. The van der Waals surface area contributed by atoms with Gasteiger partial charge in [-0.05, 0) is 49.4 Å². The van der Waals surface area contributed by atoms with Gasteiger partial charge < -0.3 is 10.1 Å². The lowest BCUT2D eigenvalue weighted by Crippen LogP contribution is -2.17. The molecule has 0 aliphatic carbocycles. The van der Waals surface area contributed by atoms with Gasteiger partial charge in [0.25, 0.3) is 0 Å². The molecule has 0 saturated carbocycles. The highest BCUT2D eigenvalue weighted by atomic mass is 35.5. The van der Waals surface area contributed by atoms with E-state index < -0.39 is 0 Å². The van der Waals surface area contributed by atoms with Crippen LogP contribution in [-0.2, 0) is 6.61 Å². The maximum absolute atomic E-state index is 6.14. The van der Waals surface area contributed by atoms with Crippen molar-refractivity contribution >= 4 is 23.2 Å². The summed E-state index contributed by atoms with van der Waals surface area (Å²) in [6, 6.07) is 13.8. The zero-order valence-electron chi connectivity index (χ0n) is 12.2. The van der Waals surface area contributed by atoms with Gasteiger partial charge in [-0.15, -0.1) is 0 Å². The second-order valence-corrected chi connectivity index (χ2v) is 5.72. The molecule has 1 atom stereocenters. The molecule has 0 fully saturated rings. The van der Waals surface area contributed by atoms with Crippen molar-refractivity contribution in [3.05, 3.63) is 63.6 Å². The number of hydrogen-bond donors (Lipinski definition) is 1. The third-order valence-corrected chi connectivity index (χ3v) is 3.87. The van der Waals surface area contributed by atoms with Gasteiger partial charge in [0.05, 0.1) is 0 Å². The van der Waals surface area contributed by atoms with Crippen LogP contribution in [0.25, 0.3) is 0 Å². The zero-order valence-corrected chi connectivity index (χ0v) is 13.7. The monoisotopic (exact) mass is 323 g/mol. The molecule has 21 heavy (non-hydrogen) atoms. The number of ether oxygens (including phenoxy) is 1. The fraction of sp³-hybridized carbons (Fsp3) is 0.294. The Labute approximate surface area is 136 Å². The van der Waals surface area contributed by atoms with E-state index in [1.54, 1.807) is 12.1 Å². The van der Waals surface area contributed by atoms with E-state index in [9.17, 15) is 0 Å². The van der Waals surface area contributed by atoms with Crippen molar-refractivity contribution in [1.82, 2.24) is 5.32 Å². The van der Waals surface area contributed by atoms with Crippen LogP contribution in [0.5, 0.6) is 5.75 Å². The van der Waals surface area contributed by atoms with Gasteiger partial charge in [-0.1, -0.05) is 42.3 Å². The summed E-state index contributed by atoms with van der Waals surface area (Å²) < 4.78 is 5.83. The Hall–Kier alpha value is -1.22. The predicted octanol–water partition coefficient (Wildman–Crippen LogP) is 5.24. The number of hydrogen-bond acceptors (Lipinski definition) is 2. The molecule has 0 aliphatic rings. The van der Waals surface area contributed by atoms with Gasteiger partial charge >= 0.3 is 0 Å². The van der Waals surface area contributed by atoms with Crippen LogP contribution in [0.1, 0.15) is 31.0 Å². The molecule has 2 aromatic rings. The molecule has 4 heteroatoms. The van der Waals surface area contributed by atoms with Crippen molar-refractivity contribution in [2.24, 2.45) is 0 Å². The smallest absolute Gasteiger partial charge is 0.120 e. The van der Waals surface area contributed by atoms with E-state index in [4.69, 9.17) is 27.9 Å². The molecule has 0 saturated heterocycles. The van der Waals surface area contributed by atoms with E-state index >= 15 is 0 Å². The van der Waals surface area contributed by atoms with Crippen molar-refractivity contribution in [2.75, 3.05) is 6.54 Å². The first-order chi connectivity index (χ1) is 10.1. The van der Waals surface area contributed by atoms with Gasteiger partial charge in [0.1, 0.15) is 12.4 Å². The first-order valence-corrected chi connectivity index (χ1v) is 7.76. The number of nitrogens with one attached hydrogen (secondary N) is 1. The van der Waals surface area contributed by atoms with Gasteiger partial charge in [0.15, 0.2) is 0 Å². The Morgan fingerprint density at radius 1 is 1.14 bits per heavy atom. The first kappa shape index (κ1) is 16.2. The molecule has 0 aromatic heterocycles. The fourth-order valence-electron chi connectivity index (χ4n) is 2.11. The average molecular weight is 324 g/mol. The second kappa shape index (κ2) is 7.69. The van der Waals surface area contributed by atoms with Crippen LogP contribution in [0.15, 0.2) is 42.5 Å². The van der Waals surface area contributed by atoms with E-state index in [1.807, 2.05) is 24.3 Å². The van der Waals surface area contributed by atoms with Crippen LogP contribution in [-0.4, -0.2) is 6.54 Å². The largest absolute Gasteiger partial charge is 0.489 e. The molecule has 2 rings (SSSR count). The molecule has 2 aromatic carbocycles. The zero-order chi connectivity index (χ0) is 15.2. The van der Waals surface area contributed by atoms with Crippen LogP contribution >= 0.6 is 23.2 Å². The lowest BCUT2D eigenvalue weighted by Gasteiger charge is -2.14. The topological polar surface area (TPSA) is 21.3 Å². The van der Waals surface area contributed by atoms with Crippen molar-refractivity contribution in [3.63, 3.8) is 0 Å². The Balaban J connectivity index is 2.06. The van der Waals surface area contributed by atoms with E-state index in [2.05, 4.69) is 25.2 Å². The third-order valence-electron chi connectivity index (χ3n) is 3.27. The first-order valence-electron chi connectivity index (χ1n) is 7.00. The molecule has 0 spiro atoms. The maximum atomic E-state index is 6.14. The van der Waals surface area contributed by atoms with Gasteiger partial charge in [0, 0.05) is 21.7 Å². The molecule has 1 unspecified atom stereocenters. The lowest BCUT2D eigenvalue weighted by molar-refractivity contribution is 0.305. The number of rotatable bonds is 6. The average Bonchev–Trinajstić information content (AvgIpc) is 2.49. The summed E-state index contributed by atoms with van der Waals surface area (Å²) in [4.78, 5) is 0. The summed E-state index contributed by atoms with van der Waals surface area (Å²) in [6.07, 6.45) is 0. The summed E-state index contributed by atoms with van der Waals surface area (Å²) in [6.45, 7) is 5.57. The molecule has 0 radical (unpaired) electrons. The van der Waals surface area contributed by atoms with Crippen LogP contribution in [0.4, 0.5) is 0 Å². The van der Waals surface area contributed by atoms with Crippen molar-refractivity contribution in [3.8, 4) is 5.75 Å². The van der Waals surface area contributed by atoms with Crippen LogP contribution < -0.4 is 10.1 Å². The van der Waals surface area contributed by atoms with Gasteiger partial charge in [0.2, 0.25) is 0 Å². The van der Waals surface area contributed by atoms with Crippen molar-refractivity contribution in [1.29, 1.82) is 0 Å². The van der Waals surface area contributed by atoms with Crippen LogP contribution in [0.2, 0.25) is 10.0 Å². The Morgan fingerprint density at radius 3 is 2.71 bits per heavy atom. The van der Waals surface area contributed by atoms with Crippen molar-refractivity contribution < 1.29 is 4.74 Å². The molecule has 0 bridgehead atoms. The highest BCUT2D eigenvalue weighted by Gasteiger charge is 2.06. The van der Waals surface area contributed by atoms with E-state index in [0.717, 1.165) is 17.9 Å². The fourth-order valence-corrected chi connectivity index (χ4v) is 2.48. The van der Waals surface area contributed by atoms with E-state index in [-0.39, 0.29) is 0 Å². The summed E-state index contributed by atoms with van der Waals surface area (Å²) >= 11 is 12.1. The molecular formula is C17H19Cl2NO. The Kier molecular flexibility index (Phi) is 5.92. The Morgan fingerprint density at radius 2 is 1.95 bits per heavy atom. The van der Waals surface area contributed by atoms with E-state index in [1.165, 1.54) is 5.56 Å². The van der Waals surface area contributed by atoms with Crippen molar-refractivity contribution in [2.45, 2.75) is 26.5 Å². The summed E-state index contributed by atoms with van der Waals surface area (Å²) in [5.74, 6) is 0.827. The van der Waals surface area contributed by atoms with E-state index in [0.29, 0.717) is 22.7 Å². The van der Waals surface area contributed by atoms with Gasteiger partial charge in [-0.25, -0.2) is 0 Å². The number of halogens is 2. The van der Waals surface area contributed by atoms with Gasteiger partial charge in [-0.3, -0.25) is 0 Å². The molecule has 0 heterocycles. The standard InChI is InChI=1S/C17H19Cl2NO/c1-3-20-12(2)13-5-4-6-16(10-13)21-11-14-9-15(18)7-8-17(14)19/h4-10,12,20H,3,11H2,1-2H3. The highest BCUT2D eigenvalue weighted by Crippen LogP contribution is 2.24. The molecule has 112 valence electrons. The predicted molar refractivity (Wildman–Crippen MR) is 89.3 cm³/mol.